The van der Waals surface area contributed by atoms with E-state index in [1.165, 1.54) is 11.1 Å². The summed E-state index contributed by atoms with van der Waals surface area (Å²) in [6.45, 7) is 3.04. The number of rotatable bonds is 3. The van der Waals surface area contributed by atoms with Gasteiger partial charge < -0.3 is 4.90 Å². The van der Waals surface area contributed by atoms with Crippen molar-refractivity contribution < 1.29 is 4.79 Å². The quantitative estimate of drug-likeness (QED) is 0.806. The standard InChI is InChI=1S/C19H22N2OS/c1-20-17(16-5-3-2-4-6-16)19(18(20)22)8-10-21(11-9-19)13-15-7-12-23-14-15/h2-7,12,14,17H,8-11,13H2,1H3. The summed E-state index contributed by atoms with van der Waals surface area (Å²) < 4.78 is 0. The van der Waals surface area contributed by atoms with Crippen LogP contribution in [0.25, 0.3) is 0 Å². The highest BCUT2D eigenvalue weighted by atomic mass is 32.1. The highest BCUT2D eigenvalue weighted by Gasteiger charge is 2.59. The SMILES string of the molecule is CN1C(=O)C2(CCN(Cc3ccsc3)CC2)C1c1ccccc1. The fourth-order valence-electron chi connectivity index (χ4n) is 4.31. The minimum Gasteiger partial charge on any atom is -0.337 e. The zero-order chi connectivity index (χ0) is 15.9. The molecule has 0 radical (unpaired) electrons. The maximum atomic E-state index is 12.7. The molecule has 1 spiro atoms. The zero-order valence-electron chi connectivity index (χ0n) is 13.4. The van der Waals surface area contributed by atoms with Crippen LogP contribution < -0.4 is 0 Å². The lowest BCUT2D eigenvalue weighted by molar-refractivity contribution is -0.176. The van der Waals surface area contributed by atoms with Gasteiger partial charge in [0.2, 0.25) is 5.91 Å². The van der Waals surface area contributed by atoms with Crippen LogP contribution in [0.4, 0.5) is 0 Å². The molecule has 1 aromatic heterocycles. The smallest absolute Gasteiger partial charge is 0.231 e. The molecule has 120 valence electrons. The number of thiophene rings is 1. The molecule has 0 aliphatic carbocycles. The Labute approximate surface area is 141 Å². The first-order chi connectivity index (χ1) is 11.2. The monoisotopic (exact) mass is 326 g/mol. The Morgan fingerprint density at radius 1 is 1.17 bits per heavy atom. The highest BCUT2D eigenvalue weighted by Crippen LogP contribution is 2.55. The van der Waals surface area contributed by atoms with Gasteiger partial charge in [-0.05, 0) is 53.9 Å². The van der Waals surface area contributed by atoms with Crippen LogP contribution in [0.2, 0.25) is 0 Å². The van der Waals surface area contributed by atoms with Gasteiger partial charge in [0.25, 0.3) is 0 Å². The lowest BCUT2D eigenvalue weighted by atomic mass is 9.62. The summed E-state index contributed by atoms with van der Waals surface area (Å²) >= 11 is 1.75. The summed E-state index contributed by atoms with van der Waals surface area (Å²) in [5.74, 6) is 0.335. The van der Waals surface area contributed by atoms with E-state index in [9.17, 15) is 4.79 Å². The number of carbonyl (C=O) groups is 1. The van der Waals surface area contributed by atoms with Crippen molar-refractivity contribution in [2.75, 3.05) is 20.1 Å². The van der Waals surface area contributed by atoms with Gasteiger partial charge in [0.15, 0.2) is 0 Å². The number of carbonyl (C=O) groups excluding carboxylic acids is 1. The molecule has 1 aromatic carbocycles. The van der Waals surface area contributed by atoms with Gasteiger partial charge in [-0.1, -0.05) is 30.3 Å². The third-order valence-electron chi connectivity index (χ3n) is 5.51. The topological polar surface area (TPSA) is 23.6 Å². The van der Waals surface area contributed by atoms with Crippen molar-refractivity contribution in [1.82, 2.24) is 9.80 Å². The average Bonchev–Trinajstić information content (AvgIpc) is 3.10. The van der Waals surface area contributed by atoms with E-state index in [-0.39, 0.29) is 11.5 Å². The van der Waals surface area contributed by atoms with Crippen LogP contribution in [0.1, 0.15) is 30.0 Å². The summed E-state index contributed by atoms with van der Waals surface area (Å²) in [6.07, 6.45) is 1.94. The van der Waals surface area contributed by atoms with Crippen molar-refractivity contribution in [2.24, 2.45) is 5.41 Å². The minimum atomic E-state index is -0.165. The van der Waals surface area contributed by atoms with E-state index in [0.29, 0.717) is 5.91 Å². The molecule has 0 N–H and O–H groups in total. The number of amides is 1. The van der Waals surface area contributed by atoms with Gasteiger partial charge in [0, 0.05) is 13.6 Å². The molecule has 4 rings (SSSR count). The molecule has 1 atom stereocenters. The van der Waals surface area contributed by atoms with Crippen LogP contribution in [0.3, 0.4) is 0 Å². The largest absolute Gasteiger partial charge is 0.337 e. The second-order valence-electron chi connectivity index (χ2n) is 6.79. The van der Waals surface area contributed by atoms with Gasteiger partial charge in [-0.3, -0.25) is 9.69 Å². The van der Waals surface area contributed by atoms with Crippen LogP contribution in [0.5, 0.6) is 0 Å². The predicted molar refractivity (Wildman–Crippen MR) is 93.2 cm³/mol. The number of likely N-dealkylation sites (tertiary alicyclic amines) is 2. The molecule has 2 aliphatic heterocycles. The molecule has 2 fully saturated rings. The second-order valence-corrected chi connectivity index (χ2v) is 7.57. The van der Waals surface area contributed by atoms with E-state index in [4.69, 9.17) is 0 Å². The summed E-state index contributed by atoms with van der Waals surface area (Å²) in [6, 6.07) is 13.0. The van der Waals surface area contributed by atoms with Crippen molar-refractivity contribution in [2.45, 2.75) is 25.4 Å². The molecular weight excluding hydrogens is 304 g/mol. The Kier molecular flexibility index (Phi) is 3.74. The first-order valence-electron chi connectivity index (χ1n) is 8.26. The van der Waals surface area contributed by atoms with Crippen molar-refractivity contribution in [1.29, 1.82) is 0 Å². The number of hydrogen-bond acceptors (Lipinski definition) is 3. The third-order valence-corrected chi connectivity index (χ3v) is 6.24. The highest BCUT2D eigenvalue weighted by molar-refractivity contribution is 7.07. The van der Waals surface area contributed by atoms with Crippen molar-refractivity contribution in [3.8, 4) is 0 Å². The van der Waals surface area contributed by atoms with E-state index in [0.717, 1.165) is 32.5 Å². The number of piperidine rings is 1. The summed E-state index contributed by atoms with van der Waals surface area (Å²) in [7, 11) is 1.95. The molecule has 2 saturated heterocycles. The fraction of sp³-hybridized carbons (Fsp3) is 0.421. The third kappa shape index (κ3) is 2.41. The molecule has 4 heteroatoms. The minimum absolute atomic E-state index is 0.165. The average molecular weight is 326 g/mol. The van der Waals surface area contributed by atoms with Gasteiger partial charge in [-0.25, -0.2) is 0 Å². The van der Waals surface area contributed by atoms with Crippen molar-refractivity contribution >= 4 is 17.2 Å². The zero-order valence-corrected chi connectivity index (χ0v) is 14.3. The van der Waals surface area contributed by atoms with Crippen LogP contribution >= 0.6 is 11.3 Å². The van der Waals surface area contributed by atoms with E-state index < -0.39 is 0 Å². The van der Waals surface area contributed by atoms with Gasteiger partial charge >= 0.3 is 0 Å². The molecule has 23 heavy (non-hydrogen) atoms. The van der Waals surface area contributed by atoms with E-state index in [1.807, 2.05) is 18.0 Å². The molecule has 0 bridgehead atoms. The van der Waals surface area contributed by atoms with Gasteiger partial charge in [0.05, 0.1) is 11.5 Å². The first kappa shape index (κ1) is 14.9. The molecule has 3 heterocycles. The Bertz CT molecular complexity index is 675. The van der Waals surface area contributed by atoms with Gasteiger partial charge in [0.1, 0.15) is 0 Å². The molecule has 0 saturated carbocycles. The van der Waals surface area contributed by atoms with E-state index in [1.54, 1.807) is 11.3 Å². The second kappa shape index (κ2) is 5.77. The molecule has 3 nitrogen and oxygen atoms in total. The lowest BCUT2D eigenvalue weighted by Gasteiger charge is -2.58. The van der Waals surface area contributed by atoms with Crippen molar-refractivity contribution in [3.05, 3.63) is 58.3 Å². The van der Waals surface area contributed by atoms with Crippen LogP contribution in [0, 0.1) is 5.41 Å². The van der Waals surface area contributed by atoms with Gasteiger partial charge in [-0.2, -0.15) is 11.3 Å². The number of hydrogen-bond donors (Lipinski definition) is 0. The maximum Gasteiger partial charge on any atom is 0.231 e. The van der Waals surface area contributed by atoms with E-state index >= 15 is 0 Å². The van der Waals surface area contributed by atoms with Crippen molar-refractivity contribution in [3.63, 3.8) is 0 Å². The normalized spacial score (nSPS) is 24.0. The maximum absolute atomic E-state index is 12.7. The van der Waals surface area contributed by atoms with Crippen LogP contribution in [-0.4, -0.2) is 35.8 Å². The van der Waals surface area contributed by atoms with Crippen LogP contribution in [0.15, 0.2) is 47.2 Å². The number of β-lactam (4-membered cyclic amide) rings is 1. The Hall–Kier alpha value is -1.65. The number of benzene rings is 1. The number of nitrogens with zero attached hydrogens (tertiary/aromatic N) is 2. The summed E-state index contributed by atoms with van der Waals surface area (Å²) in [5.41, 5.74) is 2.50. The molecule has 1 unspecified atom stereocenters. The predicted octanol–water partition coefficient (Wildman–Crippen LogP) is 3.54. The molecule has 2 aliphatic rings. The summed E-state index contributed by atoms with van der Waals surface area (Å²) in [4.78, 5) is 17.1. The first-order valence-corrected chi connectivity index (χ1v) is 9.21. The Balaban J connectivity index is 1.49. The Morgan fingerprint density at radius 2 is 1.91 bits per heavy atom. The molecule has 1 amide bonds. The summed E-state index contributed by atoms with van der Waals surface area (Å²) in [5, 5.41) is 4.36. The van der Waals surface area contributed by atoms with Crippen LogP contribution in [-0.2, 0) is 11.3 Å². The fourth-order valence-corrected chi connectivity index (χ4v) is 4.97. The Morgan fingerprint density at radius 3 is 2.57 bits per heavy atom. The van der Waals surface area contributed by atoms with E-state index in [2.05, 4.69) is 46.0 Å². The van der Waals surface area contributed by atoms with Gasteiger partial charge in [-0.15, -0.1) is 0 Å². The molecular formula is C19H22N2OS. The molecule has 2 aromatic rings. The lowest BCUT2D eigenvalue weighted by Crippen LogP contribution is -2.64.